The van der Waals surface area contributed by atoms with Gasteiger partial charge in [0.15, 0.2) is 17.8 Å². The van der Waals surface area contributed by atoms with Crippen molar-refractivity contribution < 1.29 is 20.1 Å². The van der Waals surface area contributed by atoms with Crippen LogP contribution in [0.15, 0.2) is 24.3 Å². The number of ether oxygens (including phenoxy) is 1. The number of hydrogen-bond acceptors (Lipinski definition) is 4. The second-order valence-electron chi connectivity index (χ2n) is 2.70. The van der Waals surface area contributed by atoms with E-state index in [-0.39, 0.29) is 5.75 Å². The molecule has 4 heteroatoms. The van der Waals surface area contributed by atoms with Crippen molar-refractivity contribution in [3.05, 3.63) is 29.8 Å². The van der Waals surface area contributed by atoms with Gasteiger partial charge < -0.3 is 20.1 Å². The predicted octanol–water partition coefficient (Wildman–Crippen LogP) is 0.725. The van der Waals surface area contributed by atoms with Gasteiger partial charge in [-0.3, -0.25) is 0 Å². The van der Waals surface area contributed by atoms with Gasteiger partial charge in [0.25, 0.3) is 0 Å². The van der Waals surface area contributed by atoms with Crippen molar-refractivity contribution in [1.29, 1.82) is 0 Å². The first-order valence-electron chi connectivity index (χ1n) is 4.05. The second-order valence-corrected chi connectivity index (χ2v) is 2.70. The minimum Gasteiger partial charge on any atom is -0.504 e. The van der Waals surface area contributed by atoms with Crippen LogP contribution in [-0.4, -0.2) is 28.7 Å². The summed E-state index contributed by atoms with van der Waals surface area (Å²) in [7, 11) is 1.45. The third-order valence-electron chi connectivity index (χ3n) is 1.66. The van der Waals surface area contributed by atoms with Gasteiger partial charge in [0.05, 0.1) is 7.11 Å². The lowest BCUT2D eigenvalue weighted by Crippen LogP contribution is -1.96. The van der Waals surface area contributed by atoms with Crippen molar-refractivity contribution in [2.24, 2.45) is 0 Å². The van der Waals surface area contributed by atoms with E-state index in [4.69, 9.17) is 14.9 Å². The highest BCUT2D eigenvalue weighted by Gasteiger charge is 2.00. The third-order valence-corrected chi connectivity index (χ3v) is 1.66. The molecule has 4 nitrogen and oxygen atoms in total. The van der Waals surface area contributed by atoms with Crippen molar-refractivity contribution in [1.82, 2.24) is 0 Å². The maximum atomic E-state index is 9.26. The van der Waals surface area contributed by atoms with Crippen LogP contribution in [-0.2, 0) is 0 Å². The smallest absolute Gasteiger partial charge is 0.171 e. The number of methoxy groups -OCH3 is 1. The molecule has 0 aliphatic heterocycles. The number of phenols is 1. The lowest BCUT2D eigenvalue weighted by Gasteiger charge is -2.03. The Morgan fingerprint density at radius 3 is 2.64 bits per heavy atom. The Bertz CT molecular complexity index is 331. The van der Waals surface area contributed by atoms with Crippen molar-refractivity contribution in [3.63, 3.8) is 0 Å². The molecule has 1 rings (SSSR count). The number of benzene rings is 1. The molecule has 0 aliphatic rings. The Morgan fingerprint density at radius 2 is 2.07 bits per heavy atom. The normalized spacial score (nSPS) is 11.1. The summed E-state index contributed by atoms with van der Waals surface area (Å²) in [4.78, 5) is 0. The molecule has 0 aliphatic carbocycles. The Kier molecular flexibility index (Phi) is 3.50. The fourth-order valence-electron chi connectivity index (χ4n) is 0.995. The standard InChI is InChI=1S/C10H12O4/c1-14-9-6-7(2-4-8(9)11)3-5-10(12)13/h2-6,10-13H,1H3. The summed E-state index contributed by atoms with van der Waals surface area (Å²) >= 11 is 0. The van der Waals surface area contributed by atoms with E-state index < -0.39 is 6.29 Å². The van der Waals surface area contributed by atoms with Crippen molar-refractivity contribution >= 4 is 6.08 Å². The molecule has 1 aromatic rings. The molecule has 0 amide bonds. The van der Waals surface area contributed by atoms with Crippen LogP contribution in [0.25, 0.3) is 6.08 Å². The van der Waals surface area contributed by atoms with E-state index >= 15 is 0 Å². The molecule has 0 aromatic heterocycles. The zero-order valence-electron chi connectivity index (χ0n) is 7.71. The van der Waals surface area contributed by atoms with E-state index in [2.05, 4.69) is 0 Å². The van der Waals surface area contributed by atoms with Gasteiger partial charge >= 0.3 is 0 Å². The summed E-state index contributed by atoms with van der Waals surface area (Å²) in [5.74, 6) is 0.397. The molecule has 0 bridgehead atoms. The Balaban J connectivity index is 2.89. The van der Waals surface area contributed by atoms with E-state index in [0.29, 0.717) is 11.3 Å². The van der Waals surface area contributed by atoms with Gasteiger partial charge in [0.1, 0.15) is 0 Å². The van der Waals surface area contributed by atoms with Gasteiger partial charge in [0.2, 0.25) is 0 Å². The molecule has 76 valence electrons. The van der Waals surface area contributed by atoms with Crippen LogP contribution in [0.1, 0.15) is 5.56 Å². The lowest BCUT2D eigenvalue weighted by molar-refractivity contribution is 0.00304. The van der Waals surface area contributed by atoms with Gasteiger partial charge in [-0.1, -0.05) is 12.1 Å². The van der Waals surface area contributed by atoms with Crippen LogP contribution in [0.3, 0.4) is 0 Å². The van der Waals surface area contributed by atoms with Gasteiger partial charge in [-0.25, -0.2) is 0 Å². The maximum Gasteiger partial charge on any atom is 0.171 e. The average Bonchev–Trinajstić information content (AvgIpc) is 2.16. The van der Waals surface area contributed by atoms with Crippen molar-refractivity contribution in [2.75, 3.05) is 7.11 Å². The fraction of sp³-hybridized carbons (Fsp3) is 0.200. The molecule has 0 fully saturated rings. The first kappa shape index (κ1) is 10.6. The summed E-state index contributed by atoms with van der Waals surface area (Å²) < 4.78 is 4.88. The molecule has 0 spiro atoms. The summed E-state index contributed by atoms with van der Waals surface area (Å²) in [5, 5.41) is 26.4. The SMILES string of the molecule is COc1cc(C=CC(O)O)ccc1O. The Hall–Kier alpha value is -1.52. The highest BCUT2D eigenvalue weighted by atomic mass is 16.5. The molecule has 0 saturated carbocycles. The summed E-state index contributed by atoms with van der Waals surface area (Å²) in [5.41, 5.74) is 0.716. The molecule has 0 unspecified atom stereocenters. The molecule has 3 N–H and O–H groups in total. The van der Waals surface area contributed by atoms with Crippen LogP contribution in [0.2, 0.25) is 0 Å². The largest absolute Gasteiger partial charge is 0.504 e. The van der Waals surface area contributed by atoms with Gasteiger partial charge in [-0.2, -0.15) is 0 Å². The summed E-state index contributed by atoms with van der Waals surface area (Å²) in [6, 6.07) is 4.70. The van der Waals surface area contributed by atoms with E-state index in [1.165, 1.54) is 25.3 Å². The van der Waals surface area contributed by atoms with E-state index in [9.17, 15) is 5.11 Å². The molecule has 0 heterocycles. The molecule has 0 radical (unpaired) electrons. The minimum atomic E-state index is -1.48. The zero-order valence-corrected chi connectivity index (χ0v) is 7.71. The molecule has 14 heavy (non-hydrogen) atoms. The second kappa shape index (κ2) is 4.64. The topological polar surface area (TPSA) is 69.9 Å². The van der Waals surface area contributed by atoms with Crippen molar-refractivity contribution in [3.8, 4) is 11.5 Å². The minimum absolute atomic E-state index is 0.0502. The van der Waals surface area contributed by atoms with Crippen molar-refractivity contribution in [2.45, 2.75) is 6.29 Å². The van der Waals surface area contributed by atoms with Gasteiger partial charge in [0, 0.05) is 0 Å². The average molecular weight is 196 g/mol. The molecule has 1 aromatic carbocycles. The molecule has 0 atom stereocenters. The van der Waals surface area contributed by atoms with Gasteiger partial charge in [-0.15, -0.1) is 0 Å². The van der Waals surface area contributed by atoms with Crippen LogP contribution < -0.4 is 4.74 Å². The monoisotopic (exact) mass is 196 g/mol. The highest BCUT2D eigenvalue weighted by molar-refractivity contribution is 5.55. The first-order chi connectivity index (χ1) is 6.63. The lowest BCUT2D eigenvalue weighted by atomic mass is 10.2. The molecular formula is C10H12O4. The first-order valence-corrected chi connectivity index (χ1v) is 4.05. The number of aliphatic hydroxyl groups excluding tert-OH is 1. The highest BCUT2D eigenvalue weighted by Crippen LogP contribution is 2.26. The predicted molar refractivity (Wildman–Crippen MR) is 51.9 cm³/mol. The number of aromatic hydroxyl groups is 1. The van der Waals surface area contributed by atoms with Crippen LogP contribution in [0, 0.1) is 0 Å². The van der Waals surface area contributed by atoms with E-state index in [1.54, 1.807) is 12.1 Å². The fourth-order valence-corrected chi connectivity index (χ4v) is 0.995. The number of aliphatic hydroxyl groups is 2. The quantitative estimate of drug-likeness (QED) is 0.623. The van der Waals surface area contributed by atoms with Gasteiger partial charge in [-0.05, 0) is 23.8 Å². The summed E-state index contributed by atoms with van der Waals surface area (Å²) in [6.45, 7) is 0. The van der Waals surface area contributed by atoms with E-state index in [1.807, 2.05) is 0 Å². The van der Waals surface area contributed by atoms with Crippen LogP contribution in [0.5, 0.6) is 11.5 Å². The molecule has 0 saturated heterocycles. The van der Waals surface area contributed by atoms with Crippen LogP contribution in [0.4, 0.5) is 0 Å². The number of rotatable bonds is 3. The Morgan fingerprint density at radius 1 is 1.36 bits per heavy atom. The van der Waals surface area contributed by atoms with Crippen LogP contribution >= 0.6 is 0 Å². The zero-order chi connectivity index (χ0) is 10.6. The maximum absolute atomic E-state index is 9.26. The number of hydrogen-bond donors (Lipinski definition) is 3. The molecular weight excluding hydrogens is 184 g/mol. The summed E-state index contributed by atoms with van der Waals surface area (Å²) in [6.07, 6.45) is 1.26. The van der Waals surface area contributed by atoms with E-state index in [0.717, 1.165) is 0 Å². The Labute approximate surface area is 81.7 Å². The number of phenolic OH excluding ortho intramolecular Hbond substituents is 1. The third kappa shape index (κ3) is 2.76.